The maximum Gasteiger partial charge on any atom is 0.325 e. The Bertz CT molecular complexity index is 1270. The van der Waals surface area contributed by atoms with Crippen LogP contribution in [0.5, 0.6) is 0 Å². The van der Waals surface area contributed by atoms with Crippen LogP contribution in [-0.4, -0.2) is 40.2 Å². The summed E-state index contributed by atoms with van der Waals surface area (Å²) in [5.41, 5.74) is 6.36. The third-order valence-corrected chi connectivity index (χ3v) is 6.75. The van der Waals surface area contributed by atoms with Crippen LogP contribution in [0.25, 0.3) is 10.6 Å². The number of amides is 5. The smallest absolute Gasteiger partial charge is 0.319 e. The molecule has 1 atom stereocenters. The summed E-state index contributed by atoms with van der Waals surface area (Å²) in [7, 11) is 0. The average molecular weight is 478 g/mol. The van der Waals surface area contributed by atoms with Gasteiger partial charge in [0.15, 0.2) is 0 Å². The van der Waals surface area contributed by atoms with Crippen LogP contribution in [0.15, 0.2) is 54.6 Å². The van der Waals surface area contributed by atoms with Crippen LogP contribution in [0.4, 0.5) is 4.79 Å². The van der Waals surface area contributed by atoms with Crippen molar-refractivity contribution in [2.75, 3.05) is 6.54 Å². The molecule has 9 nitrogen and oxygen atoms in total. The zero-order valence-electron chi connectivity index (χ0n) is 18.8. The number of carbonyl (C=O) groups is 4. The van der Waals surface area contributed by atoms with Gasteiger partial charge in [0.25, 0.3) is 17.7 Å². The van der Waals surface area contributed by atoms with E-state index in [-0.39, 0.29) is 0 Å². The largest absolute Gasteiger partial charge is 0.325 e. The van der Waals surface area contributed by atoms with Gasteiger partial charge < -0.3 is 5.32 Å². The number of aromatic nitrogens is 1. The van der Waals surface area contributed by atoms with Crippen molar-refractivity contribution in [3.63, 3.8) is 0 Å². The Hall–Kier alpha value is -4.05. The highest BCUT2D eigenvalue weighted by molar-refractivity contribution is 7.17. The molecule has 1 unspecified atom stereocenters. The Labute approximate surface area is 200 Å². The summed E-state index contributed by atoms with van der Waals surface area (Å²) in [5.74, 6) is -1.80. The fourth-order valence-corrected chi connectivity index (χ4v) is 4.57. The minimum atomic E-state index is -1.28. The van der Waals surface area contributed by atoms with Crippen LogP contribution in [0.1, 0.15) is 33.4 Å². The van der Waals surface area contributed by atoms with Gasteiger partial charge in [0.1, 0.15) is 22.0 Å². The summed E-state index contributed by atoms with van der Waals surface area (Å²) >= 11 is 1.20. The van der Waals surface area contributed by atoms with Gasteiger partial charge in [0, 0.05) is 5.56 Å². The van der Waals surface area contributed by atoms with E-state index in [0.717, 1.165) is 16.0 Å². The van der Waals surface area contributed by atoms with E-state index in [1.807, 2.05) is 49.4 Å². The molecule has 0 spiro atoms. The predicted molar refractivity (Wildman–Crippen MR) is 127 cm³/mol. The van der Waals surface area contributed by atoms with Gasteiger partial charge >= 0.3 is 6.03 Å². The SMILES string of the molecule is Cc1ccc(C2(C)NC(=O)N(CC(=O)NNC(=O)c3sc(-c4ccccc4)nc3C)C2=O)cc1. The lowest BCUT2D eigenvalue weighted by Gasteiger charge is -2.22. The van der Waals surface area contributed by atoms with Gasteiger partial charge in [-0.05, 0) is 26.3 Å². The summed E-state index contributed by atoms with van der Waals surface area (Å²) in [4.78, 5) is 56.0. The van der Waals surface area contributed by atoms with E-state index in [2.05, 4.69) is 21.2 Å². The number of hydrazine groups is 1. The molecule has 0 saturated carbocycles. The molecule has 10 heteroatoms. The number of thiazole rings is 1. The quantitative estimate of drug-likeness (QED) is 0.385. The van der Waals surface area contributed by atoms with E-state index in [9.17, 15) is 19.2 Å². The summed E-state index contributed by atoms with van der Waals surface area (Å²) < 4.78 is 0. The highest BCUT2D eigenvalue weighted by atomic mass is 32.1. The minimum Gasteiger partial charge on any atom is -0.319 e. The number of nitrogens with zero attached hydrogens (tertiary/aromatic N) is 2. The number of hydrogen-bond donors (Lipinski definition) is 3. The number of aryl methyl sites for hydroxylation is 2. The Morgan fingerprint density at radius 1 is 1.03 bits per heavy atom. The molecular weight excluding hydrogens is 454 g/mol. The average Bonchev–Trinajstić information content (AvgIpc) is 3.32. The fraction of sp³-hybridized carbons (Fsp3) is 0.208. The van der Waals surface area contributed by atoms with Gasteiger partial charge in [-0.3, -0.25) is 30.1 Å². The lowest BCUT2D eigenvalue weighted by molar-refractivity contribution is -0.135. The molecule has 1 saturated heterocycles. The van der Waals surface area contributed by atoms with E-state index >= 15 is 0 Å². The molecule has 34 heavy (non-hydrogen) atoms. The first kappa shape index (κ1) is 23.1. The number of rotatable bonds is 5. The highest BCUT2D eigenvalue weighted by Gasteiger charge is 2.49. The Kier molecular flexibility index (Phi) is 6.16. The zero-order chi connectivity index (χ0) is 24.5. The van der Waals surface area contributed by atoms with Crippen molar-refractivity contribution in [1.29, 1.82) is 0 Å². The molecule has 0 radical (unpaired) electrons. The van der Waals surface area contributed by atoms with Crippen molar-refractivity contribution < 1.29 is 19.2 Å². The molecule has 1 aliphatic heterocycles. The number of imide groups is 1. The molecule has 1 fully saturated rings. The first-order chi connectivity index (χ1) is 16.2. The summed E-state index contributed by atoms with van der Waals surface area (Å²) in [6.45, 7) is 4.68. The fourth-order valence-electron chi connectivity index (χ4n) is 3.60. The second-order valence-electron chi connectivity index (χ2n) is 8.11. The van der Waals surface area contributed by atoms with Crippen LogP contribution < -0.4 is 16.2 Å². The van der Waals surface area contributed by atoms with Crippen molar-refractivity contribution in [2.24, 2.45) is 0 Å². The summed E-state index contributed by atoms with van der Waals surface area (Å²) in [5, 5.41) is 3.34. The third kappa shape index (κ3) is 4.40. The lowest BCUT2D eigenvalue weighted by Crippen LogP contribution is -2.48. The molecule has 2 aromatic carbocycles. The normalized spacial score (nSPS) is 17.4. The van der Waals surface area contributed by atoms with Crippen LogP contribution in [0.2, 0.25) is 0 Å². The second kappa shape index (κ2) is 9.06. The molecule has 3 N–H and O–H groups in total. The van der Waals surface area contributed by atoms with Crippen molar-refractivity contribution in [3.8, 4) is 10.6 Å². The standard InChI is InChI=1S/C24H23N5O4S/c1-14-9-11-17(12-10-14)24(3)22(32)29(23(33)26-24)13-18(30)27-28-20(31)19-15(2)25-21(34-19)16-7-5-4-6-8-16/h4-12H,13H2,1-3H3,(H,26,33)(H,27,30)(H,28,31). The first-order valence-electron chi connectivity index (χ1n) is 10.5. The van der Waals surface area contributed by atoms with Crippen LogP contribution in [0.3, 0.4) is 0 Å². The van der Waals surface area contributed by atoms with Crippen molar-refractivity contribution in [1.82, 2.24) is 26.1 Å². The number of carbonyl (C=O) groups excluding carboxylic acids is 4. The van der Waals surface area contributed by atoms with E-state index in [1.165, 1.54) is 11.3 Å². The first-order valence-corrected chi connectivity index (χ1v) is 11.3. The summed E-state index contributed by atoms with van der Waals surface area (Å²) in [6.07, 6.45) is 0. The second-order valence-corrected chi connectivity index (χ2v) is 9.11. The van der Waals surface area contributed by atoms with E-state index in [1.54, 1.807) is 26.0 Å². The maximum absolute atomic E-state index is 13.0. The van der Waals surface area contributed by atoms with Crippen LogP contribution in [-0.2, 0) is 15.1 Å². The van der Waals surface area contributed by atoms with Gasteiger partial charge in [0.2, 0.25) is 0 Å². The molecular formula is C24H23N5O4S. The van der Waals surface area contributed by atoms with E-state index in [0.29, 0.717) is 21.1 Å². The number of nitrogens with one attached hydrogen (secondary N) is 3. The van der Waals surface area contributed by atoms with Gasteiger partial charge in [-0.15, -0.1) is 11.3 Å². The topological polar surface area (TPSA) is 120 Å². The minimum absolute atomic E-state index is 0.348. The Morgan fingerprint density at radius 2 is 1.71 bits per heavy atom. The van der Waals surface area contributed by atoms with Crippen molar-refractivity contribution >= 4 is 35.1 Å². The number of hydrogen-bond acceptors (Lipinski definition) is 6. The molecule has 2 heterocycles. The predicted octanol–water partition coefficient (Wildman–Crippen LogP) is 2.66. The van der Waals surface area contributed by atoms with Gasteiger partial charge in [0.05, 0.1) is 5.69 Å². The Morgan fingerprint density at radius 3 is 2.38 bits per heavy atom. The van der Waals surface area contributed by atoms with Crippen molar-refractivity contribution in [3.05, 3.63) is 76.3 Å². The van der Waals surface area contributed by atoms with Crippen molar-refractivity contribution in [2.45, 2.75) is 26.3 Å². The monoisotopic (exact) mass is 477 g/mol. The number of urea groups is 1. The molecule has 0 aliphatic carbocycles. The maximum atomic E-state index is 13.0. The zero-order valence-corrected chi connectivity index (χ0v) is 19.7. The molecule has 174 valence electrons. The van der Waals surface area contributed by atoms with E-state index in [4.69, 9.17) is 0 Å². The van der Waals surface area contributed by atoms with Crippen LogP contribution in [0, 0.1) is 13.8 Å². The van der Waals surface area contributed by atoms with Gasteiger partial charge in [-0.1, -0.05) is 60.2 Å². The third-order valence-electron chi connectivity index (χ3n) is 5.54. The van der Waals surface area contributed by atoms with Crippen LogP contribution >= 0.6 is 11.3 Å². The van der Waals surface area contributed by atoms with Gasteiger partial charge in [-0.25, -0.2) is 9.78 Å². The van der Waals surface area contributed by atoms with E-state index < -0.39 is 35.8 Å². The number of benzene rings is 2. The highest BCUT2D eigenvalue weighted by Crippen LogP contribution is 2.29. The molecule has 1 aromatic heterocycles. The molecule has 5 amide bonds. The Balaban J connectivity index is 1.38. The molecule has 3 aromatic rings. The summed E-state index contributed by atoms with van der Waals surface area (Å²) in [6, 6.07) is 16.0. The molecule has 0 bridgehead atoms. The lowest BCUT2D eigenvalue weighted by atomic mass is 9.91. The van der Waals surface area contributed by atoms with Gasteiger partial charge in [-0.2, -0.15) is 0 Å². The molecule has 1 aliphatic rings. The molecule has 4 rings (SSSR count).